The number of unbranched alkanes of at least 4 members (excludes halogenated alkanes) is 2. The third-order valence-corrected chi connectivity index (χ3v) is 5.09. The molecule has 0 nitrogen and oxygen atoms in total. The van der Waals surface area contributed by atoms with Crippen LogP contribution in [0.5, 0.6) is 0 Å². The normalized spacial score (nSPS) is 34.4. The Bertz CT molecular complexity index is 190. The van der Waals surface area contributed by atoms with E-state index in [0.717, 1.165) is 5.41 Å². The van der Waals surface area contributed by atoms with Crippen molar-refractivity contribution in [3.63, 3.8) is 0 Å². The van der Waals surface area contributed by atoms with Gasteiger partial charge in [-0.3, -0.25) is 0 Å². The summed E-state index contributed by atoms with van der Waals surface area (Å²) in [4.78, 5) is 0. The van der Waals surface area contributed by atoms with Gasteiger partial charge in [0.2, 0.25) is 0 Å². The van der Waals surface area contributed by atoms with Gasteiger partial charge in [-0.05, 0) is 36.5 Å². The molecule has 0 aromatic carbocycles. The Morgan fingerprint density at radius 1 is 1.00 bits per heavy atom. The van der Waals surface area contributed by atoms with Crippen molar-refractivity contribution in [3.05, 3.63) is 0 Å². The molecule has 0 radical (unpaired) electrons. The molecule has 1 fully saturated rings. The molecule has 0 aromatic heterocycles. The predicted molar refractivity (Wildman–Crippen MR) is 77.7 cm³/mol. The van der Waals surface area contributed by atoms with Gasteiger partial charge in [-0.2, -0.15) is 0 Å². The van der Waals surface area contributed by atoms with Crippen molar-refractivity contribution in [2.75, 3.05) is 4.43 Å². The Kier molecular flexibility index (Phi) is 5.41. The third-order valence-electron chi connectivity index (χ3n) is 4.55. The lowest BCUT2D eigenvalue weighted by atomic mass is 9.84. The Morgan fingerprint density at radius 3 is 2.13 bits per heavy atom. The van der Waals surface area contributed by atoms with Gasteiger partial charge in [0.15, 0.2) is 0 Å². The fourth-order valence-electron chi connectivity index (χ4n) is 3.22. The molecular weight excluding hydrogens is 295 g/mol. The number of halogens is 1. The van der Waals surface area contributed by atoms with E-state index < -0.39 is 0 Å². The number of alkyl halides is 1. The van der Waals surface area contributed by atoms with Crippen LogP contribution < -0.4 is 0 Å². The summed E-state index contributed by atoms with van der Waals surface area (Å²) in [5, 5.41) is 0. The molecule has 1 aliphatic rings. The van der Waals surface area contributed by atoms with Crippen molar-refractivity contribution < 1.29 is 0 Å². The van der Waals surface area contributed by atoms with Crippen LogP contribution in [0.1, 0.15) is 72.1 Å². The molecule has 0 saturated heterocycles. The maximum absolute atomic E-state index is 2.56. The summed E-state index contributed by atoms with van der Waals surface area (Å²) in [7, 11) is 0. The third kappa shape index (κ3) is 3.10. The van der Waals surface area contributed by atoms with Gasteiger partial charge < -0.3 is 0 Å². The monoisotopic (exact) mass is 322 g/mol. The summed E-state index contributed by atoms with van der Waals surface area (Å²) in [6.45, 7) is 7.19. The highest BCUT2D eigenvalue weighted by Gasteiger charge is 2.61. The van der Waals surface area contributed by atoms with Crippen LogP contribution in [0.4, 0.5) is 0 Å². The van der Waals surface area contributed by atoms with Gasteiger partial charge in [-0.15, -0.1) is 0 Å². The summed E-state index contributed by atoms with van der Waals surface area (Å²) in [5.74, 6) is 0. The van der Waals surface area contributed by atoms with E-state index in [4.69, 9.17) is 0 Å². The Labute approximate surface area is 110 Å². The van der Waals surface area contributed by atoms with Crippen molar-refractivity contribution in [2.45, 2.75) is 72.1 Å². The lowest BCUT2D eigenvalue weighted by Gasteiger charge is -2.22. The summed E-state index contributed by atoms with van der Waals surface area (Å²) in [5.41, 5.74) is 1.46. The fraction of sp³-hybridized carbons (Fsp3) is 1.00. The minimum atomic E-state index is 0.712. The largest absolute Gasteiger partial charge is 0.0864 e. The Hall–Kier alpha value is 0.730. The van der Waals surface area contributed by atoms with Gasteiger partial charge in [0.05, 0.1) is 0 Å². The van der Waals surface area contributed by atoms with Crippen molar-refractivity contribution in [3.8, 4) is 0 Å². The van der Waals surface area contributed by atoms with Crippen LogP contribution in [0.15, 0.2) is 0 Å². The van der Waals surface area contributed by atoms with Gasteiger partial charge in [0.1, 0.15) is 0 Å². The Morgan fingerprint density at radius 2 is 1.60 bits per heavy atom. The topological polar surface area (TPSA) is 0 Å². The molecule has 0 N–H and O–H groups in total. The van der Waals surface area contributed by atoms with Crippen molar-refractivity contribution in [2.24, 2.45) is 10.8 Å². The van der Waals surface area contributed by atoms with E-state index in [-0.39, 0.29) is 0 Å². The van der Waals surface area contributed by atoms with Crippen LogP contribution >= 0.6 is 22.6 Å². The number of hydrogen-bond acceptors (Lipinski definition) is 0. The first-order valence-corrected chi connectivity index (χ1v) is 8.22. The van der Waals surface area contributed by atoms with E-state index in [1.54, 1.807) is 0 Å². The zero-order valence-electron chi connectivity index (χ0n) is 10.7. The van der Waals surface area contributed by atoms with E-state index in [1.807, 2.05) is 0 Å². The molecule has 0 bridgehead atoms. The molecule has 0 aromatic rings. The number of hydrogen-bond donors (Lipinski definition) is 0. The van der Waals surface area contributed by atoms with Gasteiger partial charge in [-0.25, -0.2) is 0 Å². The second-order valence-corrected chi connectivity index (χ2v) is 6.74. The molecule has 1 rings (SSSR count). The zero-order chi connectivity index (χ0) is 11.4. The zero-order valence-corrected chi connectivity index (χ0v) is 12.9. The van der Waals surface area contributed by atoms with Crippen molar-refractivity contribution in [1.29, 1.82) is 0 Å². The first-order chi connectivity index (χ1) is 7.14. The molecule has 0 heterocycles. The standard InChI is InChI=1S/C14H27I/c1-4-6-8-13(3)12-14(13,10-11-15)9-7-5-2/h4-12H2,1-3H3. The second kappa shape index (κ2) is 5.88. The molecule has 1 heteroatoms. The van der Waals surface area contributed by atoms with Gasteiger partial charge in [0.25, 0.3) is 0 Å². The summed E-state index contributed by atoms with van der Waals surface area (Å²) < 4.78 is 1.35. The highest BCUT2D eigenvalue weighted by Crippen LogP contribution is 2.70. The quantitative estimate of drug-likeness (QED) is 0.404. The SMILES string of the molecule is CCCCC1(C)CC1(CCI)CCCC. The van der Waals surface area contributed by atoms with Crippen LogP contribution in [0, 0.1) is 10.8 Å². The minimum absolute atomic E-state index is 0.712. The van der Waals surface area contributed by atoms with Crippen LogP contribution in [-0.4, -0.2) is 4.43 Å². The molecule has 1 aliphatic carbocycles. The van der Waals surface area contributed by atoms with Gasteiger partial charge >= 0.3 is 0 Å². The molecule has 2 unspecified atom stereocenters. The van der Waals surface area contributed by atoms with Crippen molar-refractivity contribution >= 4 is 22.6 Å². The highest BCUT2D eigenvalue weighted by atomic mass is 127. The summed E-state index contributed by atoms with van der Waals surface area (Å²) in [6, 6.07) is 0. The molecule has 0 amide bonds. The summed E-state index contributed by atoms with van der Waals surface area (Å²) >= 11 is 2.56. The van der Waals surface area contributed by atoms with E-state index >= 15 is 0 Å². The predicted octanol–water partition coefficient (Wildman–Crippen LogP) is 5.59. The molecule has 0 aliphatic heterocycles. The van der Waals surface area contributed by atoms with E-state index in [2.05, 4.69) is 43.4 Å². The van der Waals surface area contributed by atoms with E-state index in [9.17, 15) is 0 Å². The lowest BCUT2D eigenvalue weighted by molar-refractivity contribution is 0.298. The maximum Gasteiger partial charge on any atom is 0.0000763 e. The van der Waals surface area contributed by atoms with Crippen LogP contribution in [0.2, 0.25) is 0 Å². The van der Waals surface area contributed by atoms with Crippen LogP contribution in [-0.2, 0) is 0 Å². The van der Waals surface area contributed by atoms with Gasteiger partial charge in [0, 0.05) is 4.43 Å². The molecule has 2 atom stereocenters. The Balaban J connectivity index is 2.47. The van der Waals surface area contributed by atoms with Crippen LogP contribution in [0.25, 0.3) is 0 Å². The molecule has 0 spiro atoms. The maximum atomic E-state index is 2.56. The van der Waals surface area contributed by atoms with Crippen LogP contribution in [0.3, 0.4) is 0 Å². The van der Waals surface area contributed by atoms with E-state index in [0.29, 0.717) is 5.41 Å². The first-order valence-electron chi connectivity index (χ1n) is 6.70. The highest BCUT2D eigenvalue weighted by molar-refractivity contribution is 14.1. The average Bonchev–Trinajstić information content (AvgIpc) is 2.79. The molecule has 1 saturated carbocycles. The molecular formula is C14H27I. The average molecular weight is 322 g/mol. The van der Waals surface area contributed by atoms with Crippen molar-refractivity contribution in [1.82, 2.24) is 0 Å². The fourth-order valence-corrected chi connectivity index (χ4v) is 4.26. The van der Waals surface area contributed by atoms with Gasteiger partial charge in [-0.1, -0.05) is 69.0 Å². The molecule has 90 valence electrons. The minimum Gasteiger partial charge on any atom is -0.0864 e. The molecule has 15 heavy (non-hydrogen) atoms. The second-order valence-electron chi connectivity index (χ2n) is 5.66. The first kappa shape index (κ1) is 13.8. The smallest absolute Gasteiger partial charge is 0.0000763 e. The number of rotatable bonds is 8. The van der Waals surface area contributed by atoms with E-state index in [1.165, 1.54) is 55.8 Å². The lowest BCUT2D eigenvalue weighted by Crippen LogP contribution is -2.12. The summed E-state index contributed by atoms with van der Waals surface area (Å²) in [6.07, 6.45) is 11.6.